The van der Waals surface area contributed by atoms with Gasteiger partial charge in [-0.05, 0) is 5.56 Å². The van der Waals surface area contributed by atoms with E-state index in [1.54, 1.807) is 23.1 Å². The van der Waals surface area contributed by atoms with E-state index in [9.17, 15) is 0 Å². The Bertz CT molecular complexity index is 579. The molecule has 0 spiro atoms. The van der Waals surface area contributed by atoms with E-state index in [1.165, 1.54) is 0 Å². The molecule has 2 rings (SSSR count). The van der Waals surface area contributed by atoms with Crippen LogP contribution >= 0.6 is 23.1 Å². The molecule has 0 unspecified atom stereocenters. The van der Waals surface area contributed by atoms with Crippen molar-refractivity contribution in [3.63, 3.8) is 0 Å². The van der Waals surface area contributed by atoms with Crippen molar-refractivity contribution in [2.45, 2.75) is 10.1 Å². The Morgan fingerprint density at radius 1 is 1.37 bits per heavy atom. The van der Waals surface area contributed by atoms with E-state index in [1.807, 2.05) is 43.3 Å². The van der Waals surface area contributed by atoms with Crippen molar-refractivity contribution in [2.24, 2.45) is 5.73 Å². The monoisotopic (exact) mass is 293 g/mol. The topological polar surface area (TPSA) is 78.9 Å². The fourth-order valence-electron chi connectivity index (χ4n) is 1.49. The first-order valence-corrected chi connectivity index (χ1v) is 7.44. The van der Waals surface area contributed by atoms with Crippen LogP contribution in [0.25, 0.3) is 0 Å². The lowest BCUT2D eigenvalue weighted by molar-refractivity contribution is 0.972. The summed E-state index contributed by atoms with van der Waals surface area (Å²) in [6.45, 7) is 0. The Labute approximate surface area is 120 Å². The molecule has 0 aliphatic rings. The largest absolute Gasteiger partial charge is 0.384 e. The minimum atomic E-state index is 0.0995. The molecule has 5 nitrogen and oxygen atoms in total. The zero-order valence-corrected chi connectivity index (χ0v) is 12.4. The molecule has 1 aromatic heterocycles. The van der Waals surface area contributed by atoms with Crippen molar-refractivity contribution in [1.29, 1.82) is 5.41 Å². The summed E-state index contributed by atoms with van der Waals surface area (Å²) < 4.78 is 0.919. The molecule has 3 N–H and O–H groups in total. The lowest BCUT2D eigenvalue weighted by atomic mass is 10.1. The average Bonchev–Trinajstić information content (AvgIpc) is 2.85. The van der Waals surface area contributed by atoms with Crippen LogP contribution in [0.1, 0.15) is 11.1 Å². The van der Waals surface area contributed by atoms with Crippen LogP contribution in [-0.2, 0) is 5.75 Å². The summed E-state index contributed by atoms with van der Waals surface area (Å²) in [6, 6.07) is 7.69. The van der Waals surface area contributed by atoms with Crippen molar-refractivity contribution in [3.05, 3.63) is 35.4 Å². The molecule has 19 heavy (non-hydrogen) atoms. The Balaban J connectivity index is 2.08. The molecule has 0 aliphatic carbocycles. The molecule has 0 amide bonds. The third-order valence-corrected chi connectivity index (χ3v) is 4.71. The second kappa shape index (κ2) is 6.03. The van der Waals surface area contributed by atoms with E-state index in [4.69, 9.17) is 11.1 Å². The number of hydrogen-bond donors (Lipinski definition) is 2. The zero-order chi connectivity index (χ0) is 13.8. The van der Waals surface area contributed by atoms with Crippen LogP contribution in [0, 0.1) is 5.41 Å². The van der Waals surface area contributed by atoms with Gasteiger partial charge >= 0.3 is 0 Å². The molecule has 0 bridgehead atoms. The van der Waals surface area contributed by atoms with Crippen LogP contribution in [0.5, 0.6) is 0 Å². The van der Waals surface area contributed by atoms with Gasteiger partial charge in [-0.15, -0.1) is 10.2 Å². The maximum absolute atomic E-state index is 7.56. The smallest absolute Gasteiger partial charge is 0.208 e. The van der Waals surface area contributed by atoms with Crippen molar-refractivity contribution in [1.82, 2.24) is 10.2 Å². The van der Waals surface area contributed by atoms with Crippen LogP contribution in [-0.4, -0.2) is 30.1 Å². The van der Waals surface area contributed by atoms with Crippen molar-refractivity contribution in [3.8, 4) is 0 Å². The molecule has 2 aromatic rings. The lowest BCUT2D eigenvalue weighted by Gasteiger charge is -2.06. The number of anilines is 1. The first kappa shape index (κ1) is 13.8. The van der Waals surface area contributed by atoms with Crippen LogP contribution in [0.15, 0.2) is 28.6 Å². The van der Waals surface area contributed by atoms with Gasteiger partial charge in [-0.3, -0.25) is 5.41 Å². The van der Waals surface area contributed by atoms with Crippen LogP contribution in [0.3, 0.4) is 0 Å². The van der Waals surface area contributed by atoms with Crippen molar-refractivity contribution in [2.75, 3.05) is 19.0 Å². The normalized spacial score (nSPS) is 10.4. The molecular weight excluding hydrogens is 278 g/mol. The summed E-state index contributed by atoms with van der Waals surface area (Å²) in [5, 5.41) is 16.7. The molecule has 1 aromatic carbocycles. The van der Waals surface area contributed by atoms with Gasteiger partial charge in [0.05, 0.1) is 0 Å². The van der Waals surface area contributed by atoms with Gasteiger partial charge in [-0.1, -0.05) is 47.4 Å². The average molecular weight is 293 g/mol. The molecule has 1 heterocycles. The summed E-state index contributed by atoms with van der Waals surface area (Å²) in [6.07, 6.45) is 0. The number of nitrogen functional groups attached to an aromatic ring is 1. The van der Waals surface area contributed by atoms with E-state index in [0.717, 1.165) is 26.4 Å². The molecular formula is C12H15N5S2. The fourth-order valence-corrected chi connectivity index (χ4v) is 3.26. The van der Waals surface area contributed by atoms with E-state index in [0.29, 0.717) is 0 Å². The van der Waals surface area contributed by atoms with Gasteiger partial charge in [0, 0.05) is 25.4 Å². The molecule has 7 heteroatoms. The van der Waals surface area contributed by atoms with Gasteiger partial charge in [0.15, 0.2) is 4.34 Å². The van der Waals surface area contributed by atoms with Crippen molar-refractivity contribution >= 4 is 34.1 Å². The minimum absolute atomic E-state index is 0.0995. The second-order valence-electron chi connectivity index (χ2n) is 4.10. The summed E-state index contributed by atoms with van der Waals surface area (Å²) in [4.78, 5) is 1.94. The molecule has 0 atom stereocenters. The summed E-state index contributed by atoms with van der Waals surface area (Å²) in [5.41, 5.74) is 7.40. The number of aromatic nitrogens is 2. The van der Waals surface area contributed by atoms with Crippen LogP contribution in [0.4, 0.5) is 5.13 Å². The van der Waals surface area contributed by atoms with E-state index < -0.39 is 0 Å². The predicted molar refractivity (Wildman–Crippen MR) is 81.3 cm³/mol. The third-order valence-electron chi connectivity index (χ3n) is 2.44. The standard InChI is InChI=1S/C12H15N5S2/c1-17(2)11-15-16-12(19-11)18-7-8-5-3-4-6-9(8)10(13)14/h3-6H,7H2,1-2H3,(H3,13,14). The predicted octanol–water partition coefficient (Wildman–Crippen LogP) is 2.18. The summed E-state index contributed by atoms with van der Waals surface area (Å²) >= 11 is 3.17. The fraction of sp³-hybridized carbons (Fsp3) is 0.250. The van der Waals surface area contributed by atoms with E-state index in [2.05, 4.69) is 10.2 Å². The number of amidine groups is 1. The number of nitrogens with zero attached hydrogens (tertiary/aromatic N) is 3. The highest BCUT2D eigenvalue weighted by molar-refractivity contribution is 8.00. The molecule has 0 radical (unpaired) electrons. The molecule has 0 aliphatic heterocycles. The summed E-state index contributed by atoms with van der Waals surface area (Å²) in [5.74, 6) is 0.833. The highest BCUT2D eigenvalue weighted by Gasteiger charge is 2.09. The third kappa shape index (κ3) is 3.45. The second-order valence-corrected chi connectivity index (χ2v) is 6.28. The van der Waals surface area contributed by atoms with Gasteiger partial charge in [-0.2, -0.15) is 0 Å². The maximum Gasteiger partial charge on any atom is 0.208 e. The Morgan fingerprint density at radius 2 is 2.11 bits per heavy atom. The maximum atomic E-state index is 7.56. The number of benzene rings is 1. The van der Waals surface area contributed by atoms with Gasteiger partial charge in [0.25, 0.3) is 0 Å². The first-order chi connectivity index (χ1) is 9.08. The summed E-state index contributed by atoms with van der Waals surface area (Å²) in [7, 11) is 3.89. The Kier molecular flexibility index (Phi) is 4.39. The Hall–Kier alpha value is -1.60. The number of nitrogens with two attached hydrogens (primary N) is 1. The van der Waals surface area contributed by atoms with Gasteiger partial charge in [0.1, 0.15) is 5.84 Å². The number of hydrogen-bond acceptors (Lipinski definition) is 6. The SMILES string of the molecule is CN(C)c1nnc(SCc2ccccc2C(=N)N)s1. The highest BCUT2D eigenvalue weighted by Crippen LogP contribution is 2.29. The van der Waals surface area contributed by atoms with Gasteiger partial charge in [-0.25, -0.2) is 0 Å². The molecule has 0 saturated carbocycles. The number of rotatable bonds is 5. The van der Waals surface area contributed by atoms with Crippen LogP contribution < -0.4 is 10.6 Å². The number of nitrogens with one attached hydrogen (secondary N) is 1. The van der Waals surface area contributed by atoms with Crippen molar-refractivity contribution < 1.29 is 0 Å². The zero-order valence-electron chi connectivity index (χ0n) is 10.8. The molecule has 0 fully saturated rings. The quantitative estimate of drug-likeness (QED) is 0.502. The lowest BCUT2D eigenvalue weighted by Crippen LogP contribution is -2.13. The first-order valence-electron chi connectivity index (χ1n) is 5.64. The highest BCUT2D eigenvalue weighted by atomic mass is 32.2. The Morgan fingerprint density at radius 3 is 2.74 bits per heavy atom. The number of thioether (sulfide) groups is 1. The molecule has 100 valence electrons. The molecule has 0 saturated heterocycles. The van der Waals surface area contributed by atoms with Crippen LogP contribution in [0.2, 0.25) is 0 Å². The van der Waals surface area contributed by atoms with Gasteiger partial charge < -0.3 is 10.6 Å². The van der Waals surface area contributed by atoms with E-state index in [-0.39, 0.29) is 5.84 Å². The van der Waals surface area contributed by atoms with Gasteiger partial charge in [0.2, 0.25) is 5.13 Å². The van der Waals surface area contributed by atoms with E-state index >= 15 is 0 Å². The minimum Gasteiger partial charge on any atom is -0.384 e.